The van der Waals surface area contributed by atoms with Gasteiger partial charge in [0.25, 0.3) is 0 Å². The van der Waals surface area contributed by atoms with Gasteiger partial charge >= 0.3 is 5.97 Å². The number of carboxylic acids is 1. The van der Waals surface area contributed by atoms with Crippen molar-refractivity contribution in [2.75, 3.05) is 0 Å². The number of nitrogens with zero attached hydrogens (tertiary/aromatic N) is 1. The highest BCUT2D eigenvalue weighted by molar-refractivity contribution is 5.99. The van der Waals surface area contributed by atoms with E-state index in [1.165, 1.54) is 0 Å². The average Bonchev–Trinajstić information content (AvgIpc) is 2.73. The van der Waals surface area contributed by atoms with E-state index < -0.39 is 17.3 Å². The molecule has 1 N–H and O–H groups in total. The van der Waals surface area contributed by atoms with Crippen LogP contribution in [-0.2, 0) is 11.3 Å². The van der Waals surface area contributed by atoms with E-state index in [0.717, 1.165) is 5.69 Å². The van der Waals surface area contributed by atoms with E-state index in [-0.39, 0.29) is 5.78 Å². The second-order valence-corrected chi connectivity index (χ2v) is 5.55. The van der Waals surface area contributed by atoms with E-state index in [1.54, 1.807) is 12.1 Å². The number of aromatic nitrogens is 1. The maximum atomic E-state index is 12.2. The van der Waals surface area contributed by atoms with Gasteiger partial charge in [-0.05, 0) is 18.6 Å². The molecule has 1 aliphatic rings. The van der Waals surface area contributed by atoms with Crippen molar-refractivity contribution in [1.29, 1.82) is 0 Å². The molecule has 1 atom stereocenters. The summed E-state index contributed by atoms with van der Waals surface area (Å²) in [6.45, 7) is 6.24. The van der Waals surface area contributed by atoms with Gasteiger partial charge in [0.15, 0.2) is 5.78 Å². The third kappa shape index (κ3) is 1.88. The van der Waals surface area contributed by atoms with Gasteiger partial charge in [-0.2, -0.15) is 0 Å². The monoisotopic (exact) mass is 235 g/mol. The fourth-order valence-corrected chi connectivity index (χ4v) is 2.28. The van der Waals surface area contributed by atoms with Crippen molar-refractivity contribution >= 4 is 11.8 Å². The first-order chi connectivity index (χ1) is 7.82. The van der Waals surface area contributed by atoms with Crippen molar-refractivity contribution in [2.45, 2.75) is 39.7 Å². The van der Waals surface area contributed by atoms with Crippen LogP contribution >= 0.6 is 0 Å². The van der Waals surface area contributed by atoms with Gasteiger partial charge in [0.1, 0.15) is 0 Å². The molecule has 0 amide bonds. The second-order valence-electron chi connectivity index (χ2n) is 5.55. The molecule has 17 heavy (non-hydrogen) atoms. The molecule has 1 aromatic rings. The molecule has 1 aromatic heterocycles. The zero-order chi connectivity index (χ0) is 12.8. The summed E-state index contributed by atoms with van der Waals surface area (Å²) in [7, 11) is 0. The molecule has 4 heteroatoms. The fraction of sp³-hybridized carbons (Fsp3) is 0.538. The maximum absolute atomic E-state index is 12.2. The van der Waals surface area contributed by atoms with E-state index in [9.17, 15) is 9.59 Å². The lowest BCUT2D eigenvalue weighted by molar-refractivity contribution is -0.138. The van der Waals surface area contributed by atoms with Crippen molar-refractivity contribution < 1.29 is 14.7 Å². The Labute approximate surface area is 100 Å². The molecular weight excluding hydrogens is 218 g/mol. The first-order valence-electron chi connectivity index (χ1n) is 5.79. The molecule has 0 saturated carbocycles. The summed E-state index contributed by atoms with van der Waals surface area (Å²) in [6, 6.07) is 3.52. The lowest BCUT2D eigenvalue weighted by atomic mass is 9.89. The lowest BCUT2D eigenvalue weighted by Crippen LogP contribution is -2.23. The molecule has 0 spiro atoms. The minimum Gasteiger partial charge on any atom is -0.481 e. The minimum atomic E-state index is -0.809. The van der Waals surface area contributed by atoms with Crippen LogP contribution in [-0.4, -0.2) is 21.4 Å². The van der Waals surface area contributed by atoms with Crippen molar-refractivity contribution in [3.05, 3.63) is 23.5 Å². The van der Waals surface area contributed by atoms with Crippen molar-refractivity contribution in [1.82, 2.24) is 4.57 Å². The smallest absolute Gasteiger partial charge is 0.312 e. The van der Waals surface area contributed by atoms with Crippen LogP contribution in [0.1, 0.15) is 49.3 Å². The number of hydrogen-bond donors (Lipinski definition) is 1. The predicted molar refractivity (Wildman–Crippen MR) is 63.2 cm³/mol. The summed E-state index contributed by atoms with van der Waals surface area (Å²) in [4.78, 5) is 23.2. The number of hydrogen-bond acceptors (Lipinski definition) is 2. The third-order valence-electron chi connectivity index (χ3n) is 3.22. The van der Waals surface area contributed by atoms with Gasteiger partial charge in [0.05, 0.1) is 11.6 Å². The number of Topliss-reactive ketones (excluding diaryl/α,β-unsaturated/α-hetero) is 1. The molecule has 0 aliphatic carbocycles. The minimum absolute atomic E-state index is 0.0646. The summed E-state index contributed by atoms with van der Waals surface area (Å²) >= 11 is 0. The van der Waals surface area contributed by atoms with Crippen LogP contribution in [0.25, 0.3) is 0 Å². The lowest BCUT2D eigenvalue weighted by Gasteiger charge is -2.17. The summed E-state index contributed by atoms with van der Waals surface area (Å²) in [6.07, 6.45) is 0.579. The highest BCUT2D eigenvalue weighted by Crippen LogP contribution is 2.32. The molecule has 0 saturated heterocycles. The van der Waals surface area contributed by atoms with E-state index >= 15 is 0 Å². The number of carbonyl (C=O) groups is 2. The van der Waals surface area contributed by atoms with Crippen LogP contribution in [0.5, 0.6) is 0 Å². The first kappa shape index (κ1) is 11.9. The zero-order valence-corrected chi connectivity index (χ0v) is 10.4. The SMILES string of the molecule is CC(C)(C)C(=O)c1ccc2n1CCC2C(=O)O. The van der Waals surface area contributed by atoms with Gasteiger partial charge in [0.2, 0.25) is 0 Å². The van der Waals surface area contributed by atoms with Gasteiger partial charge in [-0.15, -0.1) is 0 Å². The molecule has 92 valence electrons. The molecular formula is C13H17NO3. The molecule has 4 nitrogen and oxygen atoms in total. The average molecular weight is 235 g/mol. The van der Waals surface area contributed by atoms with E-state index in [2.05, 4.69) is 0 Å². The van der Waals surface area contributed by atoms with Crippen LogP contribution in [0.2, 0.25) is 0 Å². The number of ketones is 1. The van der Waals surface area contributed by atoms with E-state index in [0.29, 0.717) is 18.7 Å². The topological polar surface area (TPSA) is 59.3 Å². The van der Waals surface area contributed by atoms with Crippen LogP contribution in [0.3, 0.4) is 0 Å². The highest BCUT2D eigenvalue weighted by atomic mass is 16.4. The molecule has 0 radical (unpaired) electrons. The molecule has 1 unspecified atom stereocenters. The van der Waals surface area contributed by atoms with Gasteiger partial charge in [-0.25, -0.2) is 0 Å². The first-order valence-corrected chi connectivity index (χ1v) is 5.79. The highest BCUT2D eigenvalue weighted by Gasteiger charge is 2.33. The molecule has 1 aliphatic heterocycles. The number of carbonyl (C=O) groups excluding carboxylic acids is 1. The Kier molecular flexibility index (Phi) is 2.60. The van der Waals surface area contributed by atoms with Crippen molar-refractivity contribution in [3.8, 4) is 0 Å². The largest absolute Gasteiger partial charge is 0.481 e. The Hall–Kier alpha value is -1.58. The van der Waals surface area contributed by atoms with E-state index in [1.807, 2.05) is 25.3 Å². The standard InChI is InChI=1S/C13H17NO3/c1-13(2,3)11(15)10-5-4-9-8(12(16)17)6-7-14(9)10/h4-5,8H,6-7H2,1-3H3,(H,16,17). The molecule has 0 bridgehead atoms. The maximum Gasteiger partial charge on any atom is 0.312 e. The van der Waals surface area contributed by atoms with Crippen LogP contribution in [0.4, 0.5) is 0 Å². The number of aliphatic carboxylic acids is 1. The summed E-state index contributed by atoms with van der Waals surface area (Å²) in [5.41, 5.74) is 0.956. The van der Waals surface area contributed by atoms with Crippen LogP contribution in [0.15, 0.2) is 12.1 Å². The molecule has 0 fully saturated rings. The van der Waals surface area contributed by atoms with Crippen LogP contribution in [0, 0.1) is 5.41 Å². The van der Waals surface area contributed by atoms with E-state index in [4.69, 9.17) is 5.11 Å². The van der Waals surface area contributed by atoms with Gasteiger partial charge in [-0.1, -0.05) is 20.8 Å². The Morgan fingerprint density at radius 2 is 2.00 bits per heavy atom. The van der Waals surface area contributed by atoms with Gasteiger partial charge < -0.3 is 9.67 Å². The third-order valence-corrected chi connectivity index (χ3v) is 3.22. The summed E-state index contributed by atoms with van der Waals surface area (Å²) in [5, 5.41) is 9.07. The van der Waals surface area contributed by atoms with Gasteiger partial charge in [-0.3, -0.25) is 9.59 Å². The molecule has 2 heterocycles. The van der Waals surface area contributed by atoms with Crippen molar-refractivity contribution in [3.63, 3.8) is 0 Å². The van der Waals surface area contributed by atoms with Gasteiger partial charge in [0, 0.05) is 17.7 Å². The molecule has 0 aromatic carbocycles. The molecule has 2 rings (SSSR count). The van der Waals surface area contributed by atoms with Crippen molar-refractivity contribution in [2.24, 2.45) is 5.41 Å². The predicted octanol–water partition coefficient (Wildman–Crippen LogP) is 2.29. The normalized spacial score (nSPS) is 19.1. The Morgan fingerprint density at radius 3 is 2.53 bits per heavy atom. The second kappa shape index (κ2) is 3.72. The Bertz CT molecular complexity index is 479. The Morgan fingerprint density at radius 1 is 1.35 bits per heavy atom. The number of fused-ring (bicyclic) bond motifs is 1. The zero-order valence-electron chi connectivity index (χ0n) is 10.4. The number of carboxylic acid groups (broad SMARTS) is 1. The summed E-state index contributed by atoms with van der Waals surface area (Å²) < 4.78 is 1.85. The quantitative estimate of drug-likeness (QED) is 0.800. The summed E-state index contributed by atoms with van der Waals surface area (Å²) in [5.74, 6) is -1.21. The fourth-order valence-electron chi connectivity index (χ4n) is 2.28. The Balaban J connectivity index is 2.40. The number of rotatable bonds is 2. The van der Waals surface area contributed by atoms with Crippen LogP contribution < -0.4 is 0 Å².